The first kappa shape index (κ1) is 17.2. The number of carbonyl (C=O) groups excluding carboxylic acids is 2. The molecule has 0 radical (unpaired) electrons. The molecule has 1 rings (SSSR count). The van der Waals surface area contributed by atoms with E-state index in [9.17, 15) is 9.59 Å². The molecular formula is C17H19NO4. The largest absolute Gasteiger partial charge is 0.495 e. The fourth-order valence-electron chi connectivity index (χ4n) is 1.61. The average molecular weight is 301 g/mol. The summed E-state index contributed by atoms with van der Waals surface area (Å²) in [6.07, 6.45) is 10.1. The molecule has 1 amide bonds. The van der Waals surface area contributed by atoms with E-state index in [4.69, 9.17) is 4.74 Å². The molecule has 0 bridgehead atoms. The van der Waals surface area contributed by atoms with Crippen molar-refractivity contribution < 1.29 is 19.1 Å². The van der Waals surface area contributed by atoms with Gasteiger partial charge in [0.2, 0.25) is 5.91 Å². The summed E-state index contributed by atoms with van der Waals surface area (Å²) in [5, 5.41) is 2.72. The molecule has 0 heterocycles. The fraction of sp³-hybridized carbons (Fsp3) is 0.176. The Bertz CT molecular complexity index is 615. The molecule has 116 valence electrons. The Kier molecular flexibility index (Phi) is 7.19. The van der Waals surface area contributed by atoms with Gasteiger partial charge >= 0.3 is 5.97 Å². The molecular weight excluding hydrogens is 282 g/mol. The molecule has 0 aliphatic carbocycles. The van der Waals surface area contributed by atoms with Gasteiger partial charge < -0.3 is 14.8 Å². The molecule has 0 unspecified atom stereocenters. The predicted molar refractivity (Wildman–Crippen MR) is 86.6 cm³/mol. The van der Waals surface area contributed by atoms with E-state index in [1.807, 2.05) is 24.3 Å². The summed E-state index contributed by atoms with van der Waals surface area (Å²) in [6.45, 7) is 1.44. The Labute approximate surface area is 129 Å². The third-order valence-corrected chi connectivity index (χ3v) is 2.59. The molecule has 5 nitrogen and oxygen atoms in total. The minimum Gasteiger partial charge on any atom is -0.495 e. The maximum Gasteiger partial charge on any atom is 0.330 e. The lowest BCUT2D eigenvalue weighted by Gasteiger charge is -2.09. The zero-order valence-corrected chi connectivity index (χ0v) is 12.8. The van der Waals surface area contributed by atoms with Gasteiger partial charge in [-0.15, -0.1) is 0 Å². The molecule has 1 aromatic carbocycles. The molecule has 1 N–H and O–H groups in total. The summed E-state index contributed by atoms with van der Waals surface area (Å²) in [7, 11) is 2.87. The van der Waals surface area contributed by atoms with Crippen molar-refractivity contribution in [3.05, 3.63) is 54.1 Å². The lowest BCUT2D eigenvalue weighted by atomic mass is 10.1. The Hall–Kier alpha value is -2.82. The second-order valence-electron chi connectivity index (χ2n) is 4.27. The van der Waals surface area contributed by atoms with Crippen molar-refractivity contribution in [1.82, 2.24) is 0 Å². The van der Waals surface area contributed by atoms with Crippen molar-refractivity contribution in [3.63, 3.8) is 0 Å². The lowest BCUT2D eigenvalue weighted by molar-refractivity contribution is -0.134. The highest BCUT2D eigenvalue weighted by molar-refractivity contribution is 5.90. The first-order valence-electron chi connectivity index (χ1n) is 6.62. The van der Waals surface area contributed by atoms with Crippen LogP contribution in [-0.2, 0) is 14.3 Å². The zero-order valence-electron chi connectivity index (χ0n) is 12.8. The third-order valence-electron chi connectivity index (χ3n) is 2.59. The summed E-state index contributed by atoms with van der Waals surface area (Å²) in [5.41, 5.74) is 1.53. The van der Waals surface area contributed by atoms with Crippen molar-refractivity contribution in [1.29, 1.82) is 0 Å². The summed E-state index contributed by atoms with van der Waals surface area (Å²) in [4.78, 5) is 22.0. The number of hydrogen-bond acceptors (Lipinski definition) is 4. The van der Waals surface area contributed by atoms with Crippen LogP contribution in [0, 0.1) is 0 Å². The average Bonchev–Trinajstić information content (AvgIpc) is 2.50. The molecule has 0 spiro atoms. The van der Waals surface area contributed by atoms with E-state index >= 15 is 0 Å². The van der Waals surface area contributed by atoms with Crippen LogP contribution in [0.25, 0.3) is 6.08 Å². The van der Waals surface area contributed by atoms with Gasteiger partial charge in [-0.3, -0.25) is 4.79 Å². The Morgan fingerprint density at radius 3 is 2.45 bits per heavy atom. The minimum absolute atomic E-state index is 0.160. The van der Waals surface area contributed by atoms with E-state index in [1.165, 1.54) is 20.1 Å². The number of allylic oxidation sites excluding steroid dienone is 4. The van der Waals surface area contributed by atoms with Crippen LogP contribution in [-0.4, -0.2) is 26.1 Å². The van der Waals surface area contributed by atoms with Crippen molar-refractivity contribution in [3.8, 4) is 5.75 Å². The van der Waals surface area contributed by atoms with Crippen molar-refractivity contribution >= 4 is 23.6 Å². The first-order chi connectivity index (χ1) is 10.6. The molecule has 0 saturated carbocycles. The van der Waals surface area contributed by atoms with Gasteiger partial charge in [0.25, 0.3) is 0 Å². The van der Waals surface area contributed by atoms with Crippen LogP contribution in [0.2, 0.25) is 0 Å². The number of benzene rings is 1. The number of hydrogen-bond donors (Lipinski definition) is 1. The van der Waals surface area contributed by atoms with E-state index in [0.29, 0.717) is 11.4 Å². The Balaban J connectivity index is 2.75. The van der Waals surface area contributed by atoms with Crippen LogP contribution in [0.3, 0.4) is 0 Å². The molecule has 0 atom stereocenters. The second kappa shape index (κ2) is 9.18. The molecule has 22 heavy (non-hydrogen) atoms. The van der Waals surface area contributed by atoms with E-state index in [1.54, 1.807) is 31.4 Å². The summed E-state index contributed by atoms with van der Waals surface area (Å²) < 4.78 is 9.65. The van der Waals surface area contributed by atoms with Crippen molar-refractivity contribution in [2.24, 2.45) is 0 Å². The number of nitrogens with one attached hydrogen (secondary N) is 1. The van der Waals surface area contributed by atoms with Gasteiger partial charge in [0.15, 0.2) is 0 Å². The quantitative estimate of drug-likeness (QED) is 0.498. The number of carbonyl (C=O) groups is 2. The fourth-order valence-corrected chi connectivity index (χ4v) is 1.61. The Morgan fingerprint density at radius 2 is 1.82 bits per heavy atom. The molecule has 0 aromatic heterocycles. The van der Waals surface area contributed by atoms with Crippen LogP contribution in [0.15, 0.2) is 48.6 Å². The highest BCUT2D eigenvalue weighted by Gasteiger charge is 2.04. The highest BCUT2D eigenvalue weighted by atomic mass is 16.5. The van der Waals surface area contributed by atoms with Crippen LogP contribution < -0.4 is 10.1 Å². The summed E-state index contributed by atoms with van der Waals surface area (Å²) in [6, 6.07) is 5.47. The normalized spacial score (nSPS) is 11.2. The topological polar surface area (TPSA) is 64.6 Å². The number of anilines is 1. The Morgan fingerprint density at radius 1 is 1.09 bits per heavy atom. The van der Waals surface area contributed by atoms with Gasteiger partial charge in [0.05, 0.1) is 19.9 Å². The number of amides is 1. The van der Waals surface area contributed by atoms with Gasteiger partial charge in [-0.2, -0.15) is 0 Å². The van der Waals surface area contributed by atoms with E-state index in [0.717, 1.165) is 5.56 Å². The van der Waals surface area contributed by atoms with E-state index in [2.05, 4.69) is 10.1 Å². The smallest absolute Gasteiger partial charge is 0.330 e. The molecule has 1 aromatic rings. The summed E-state index contributed by atoms with van der Waals surface area (Å²) >= 11 is 0. The molecule has 0 aliphatic heterocycles. The number of esters is 1. The van der Waals surface area contributed by atoms with Crippen molar-refractivity contribution in [2.75, 3.05) is 19.5 Å². The van der Waals surface area contributed by atoms with Crippen LogP contribution in [0.1, 0.15) is 12.5 Å². The van der Waals surface area contributed by atoms with E-state index in [-0.39, 0.29) is 5.91 Å². The predicted octanol–water partition coefficient (Wildman–Crippen LogP) is 2.95. The number of ether oxygens (including phenoxy) is 2. The molecule has 0 aliphatic rings. The van der Waals surface area contributed by atoms with Crippen LogP contribution >= 0.6 is 0 Å². The maximum atomic E-state index is 11.2. The highest BCUT2D eigenvalue weighted by Crippen LogP contribution is 2.25. The summed E-state index contributed by atoms with van der Waals surface area (Å²) in [5.74, 6) is 0.0416. The molecule has 0 fully saturated rings. The minimum atomic E-state index is -0.399. The SMILES string of the molecule is COC(=O)/C=C/C=C/C=C/c1ccc(OC)c(NC(C)=O)c1. The first-order valence-corrected chi connectivity index (χ1v) is 6.62. The lowest BCUT2D eigenvalue weighted by Crippen LogP contribution is -2.07. The van der Waals surface area contributed by atoms with Gasteiger partial charge in [-0.05, 0) is 17.7 Å². The maximum absolute atomic E-state index is 11.2. The van der Waals surface area contributed by atoms with Crippen molar-refractivity contribution in [2.45, 2.75) is 6.92 Å². The van der Waals surface area contributed by atoms with Gasteiger partial charge in [-0.25, -0.2) is 4.79 Å². The van der Waals surface area contributed by atoms with Gasteiger partial charge in [0.1, 0.15) is 5.75 Å². The van der Waals surface area contributed by atoms with Gasteiger partial charge in [-0.1, -0.05) is 36.4 Å². The molecule has 0 saturated heterocycles. The third kappa shape index (κ3) is 6.09. The second-order valence-corrected chi connectivity index (χ2v) is 4.27. The molecule has 5 heteroatoms. The standard InChI is InChI=1S/C17H19NO4/c1-13(19)18-15-12-14(10-11-16(15)21-2)8-6-4-5-7-9-17(20)22-3/h4-12H,1-3H3,(H,18,19)/b5-4+,8-6+,9-7+. The number of rotatable bonds is 6. The van der Waals surface area contributed by atoms with E-state index < -0.39 is 5.97 Å². The van der Waals surface area contributed by atoms with Gasteiger partial charge in [0, 0.05) is 13.0 Å². The number of methoxy groups -OCH3 is 2. The zero-order chi connectivity index (χ0) is 16.4. The van der Waals surface area contributed by atoms with Crippen LogP contribution in [0.5, 0.6) is 5.75 Å². The van der Waals surface area contributed by atoms with Crippen LogP contribution in [0.4, 0.5) is 5.69 Å². The monoisotopic (exact) mass is 301 g/mol.